The van der Waals surface area contributed by atoms with Gasteiger partial charge in [0.15, 0.2) is 0 Å². The molecule has 1 aliphatic rings. The van der Waals surface area contributed by atoms with Gasteiger partial charge in [-0.2, -0.15) is 0 Å². The Morgan fingerprint density at radius 1 is 1.12 bits per heavy atom. The average molecular weight is 439 g/mol. The van der Waals surface area contributed by atoms with Crippen molar-refractivity contribution in [3.63, 3.8) is 0 Å². The summed E-state index contributed by atoms with van der Waals surface area (Å²) in [7, 11) is 1.63. The topological polar surface area (TPSA) is 70.1 Å². The highest BCUT2D eigenvalue weighted by molar-refractivity contribution is 5.83. The first-order chi connectivity index (χ1) is 15.5. The van der Waals surface area contributed by atoms with E-state index in [9.17, 15) is 14.7 Å². The molecule has 0 unspecified atom stereocenters. The van der Waals surface area contributed by atoms with Crippen LogP contribution < -0.4 is 4.74 Å². The number of hydrogen-bond donors (Lipinski definition) is 1. The van der Waals surface area contributed by atoms with Gasteiger partial charge in [0.05, 0.1) is 13.0 Å². The molecule has 32 heavy (non-hydrogen) atoms. The molecule has 2 aromatic carbocycles. The molecule has 0 spiro atoms. The number of aliphatic hydroxyl groups excluding tert-OH is 1. The molecule has 2 aromatic rings. The molecule has 1 N–H and O–H groups in total. The summed E-state index contributed by atoms with van der Waals surface area (Å²) in [6.45, 7) is 5.05. The highest BCUT2D eigenvalue weighted by atomic mass is 16.5. The maximum Gasteiger partial charge on any atom is 0.229 e. The second-order valence-electron chi connectivity index (χ2n) is 8.57. The SMILES string of the molecule is COc1ccc(CCC[C@@H](C(=O)N2CCN(Cc3ccccc3)C[C@@H]2C)[C@H](O)C=O)cc1. The van der Waals surface area contributed by atoms with Crippen LogP contribution in [-0.4, -0.2) is 66.0 Å². The molecular formula is C26H34N2O4. The van der Waals surface area contributed by atoms with E-state index in [-0.39, 0.29) is 11.9 Å². The average Bonchev–Trinajstić information content (AvgIpc) is 2.82. The summed E-state index contributed by atoms with van der Waals surface area (Å²) in [5.74, 6) is -0.0151. The van der Waals surface area contributed by atoms with Crippen LogP contribution in [0.4, 0.5) is 0 Å². The number of carbonyl (C=O) groups is 2. The van der Waals surface area contributed by atoms with Gasteiger partial charge in [-0.05, 0) is 49.4 Å². The lowest BCUT2D eigenvalue weighted by Crippen LogP contribution is -2.56. The zero-order chi connectivity index (χ0) is 22.9. The van der Waals surface area contributed by atoms with Gasteiger partial charge in [0.1, 0.15) is 18.1 Å². The van der Waals surface area contributed by atoms with Crippen LogP contribution in [0.25, 0.3) is 0 Å². The number of carbonyl (C=O) groups excluding carboxylic acids is 2. The van der Waals surface area contributed by atoms with Gasteiger partial charge in [0, 0.05) is 32.2 Å². The zero-order valence-corrected chi connectivity index (χ0v) is 19.0. The van der Waals surface area contributed by atoms with Crippen molar-refractivity contribution in [2.45, 2.75) is 44.9 Å². The maximum absolute atomic E-state index is 13.3. The lowest BCUT2D eigenvalue weighted by molar-refractivity contribution is -0.146. The van der Waals surface area contributed by atoms with E-state index in [1.165, 1.54) is 5.56 Å². The number of aldehydes is 1. The molecule has 0 aromatic heterocycles. The molecule has 0 bridgehead atoms. The van der Waals surface area contributed by atoms with E-state index in [0.717, 1.165) is 43.8 Å². The Kier molecular flexibility index (Phi) is 8.82. The van der Waals surface area contributed by atoms with Crippen LogP contribution >= 0.6 is 0 Å². The highest BCUT2D eigenvalue weighted by Crippen LogP contribution is 2.22. The summed E-state index contributed by atoms with van der Waals surface area (Å²) < 4.78 is 5.18. The predicted octanol–water partition coefficient (Wildman–Crippen LogP) is 2.93. The molecule has 1 aliphatic heterocycles. The Hall–Kier alpha value is -2.70. The molecule has 0 radical (unpaired) electrons. The number of amides is 1. The van der Waals surface area contributed by atoms with E-state index in [0.29, 0.717) is 19.3 Å². The van der Waals surface area contributed by atoms with Crippen molar-refractivity contribution in [2.75, 3.05) is 26.7 Å². The molecule has 1 saturated heterocycles. The number of benzene rings is 2. The minimum atomic E-state index is -1.27. The molecule has 3 rings (SSSR count). The third kappa shape index (κ3) is 6.40. The van der Waals surface area contributed by atoms with Gasteiger partial charge in [-0.15, -0.1) is 0 Å². The largest absolute Gasteiger partial charge is 0.497 e. The Balaban J connectivity index is 1.55. The molecule has 172 valence electrons. The molecule has 0 saturated carbocycles. The van der Waals surface area contributed by atoms with Crippen molar-refractivity contribution in [3.8, 4) is 5.75 Å². The standard InChI is InChI=1S/C26H34N2O4/c1-20-17-27(18-22-7-4-3-5-8-22)15-16-28(20)26(31)24(25(30)19-29)10-6-9-21-11-13-23(32-2)14-12-21/h3-5,7-8,11-14,19-20,24-25,30H,6,9-10,15-18H2,1-2H3/t20-,24+,25+/m0/s1. The van der Waals surface area contributed by atoms with Gasteiger partial charge in [-0.1, -0.05) is 42.5 Å². The highest BCUT2D eigenvalue weighted by Gasteiger charge is 2.35. The first kappa shape index (κ1) is 24.0. The lowest BCUT2D eigenvalue weighted by atomic mass is 9.92. The number of aliphatic hydroxyl groups is 1. The van der Waals surface area contributed by atoms with Gasteiger partial charge >= 0.3 is 0 Å². The fourth-order valence-corrected chi connectivity index (χ4v) is 4.41. The van der Waals surface area contributed by atoms with Crippen LogP contribution in [0.5, 0.6) is 5.75 Å². The monoisotopic (exact) mass is 438 g/mol. The third-order valence-electron chi connectivity index (χ3n) is 6.25. The molecule has 6 heteroatoms. The normalized spacial score (nSPS) is 18.7. The van der Waals surface area contributed by atoms with Crippen molar-refractivity contribution in [3.05, 3.63) is 65.7 Å². The fourth-order valence-electron chi connectivity index (χ4n) is 4.41. The van der Waals surface area contributed by atoms with E-state index in [1.54, 1.807) is 7.11 Å². The lowest BCUT2D eigenvalue weighted by Gasteiger charge is -2.41. The van der Waals surface area contributed by atoms with Crippen molar-refractivity contribution in [1.29, 1.82) is 0 Å². The van der Waals surface area contributed by atoms with E-state index >= 15 is 0 Å². The van der Waals surface area contributed by atoms with Gasteiger partial charge in [0.25, 0.3) is 0 Å². The number of aryl methyl sites for hydroxylation is 1. The molecule has 1 fully saturated rings. The number of ether oxygens (including phenoxy) is 1. The van der Waals surface area contributed by atoms with Gasteiger partial charge in [0.2, 0.25) is 5.91 Å². The molecule has 0 aliphatic carbocycles. The molecular weight excluding hydrogens is 404 g/mol. The smallest absolute Gasteiger partial charge is 0.229 e. The van der Waals surface area contributed by atoms with Gasteiger partial charge in [-0.25, -0.2) is 0 Å². The molecule has 6 nitrogen and oxygen atoms in total. The van der Waals surface area contributed by atoms with Crippen LogP contribution in [0.2, 0.25) is 0 Å². The first-order valence-electron chi connectivity index (χ1n) is 11.3. The van der Waals surface area contributed by atoms with Crippen molar-refractivity contribution < 1.29 is 19.4 Å². The summed E-state index contributed by atoms with van der Waals surface area (Å²) >= 11 is 0. The number of rotatable bonds is 10. The third-order valence-corrected chi connectivity index (χ3v) is 6.25. The summed E-state index contributed by atoms with van der Waals surface area (Å²) in [5, 5.41) is 10.3. The van der Waals surface area contributed by atoms with E-state index < -0.39 is 12.0 Å². The Labute approximate surface area is 190 Å². The van der Waals surface area contributed by atoms with E-state index in [4.69, 9.17) is 4.74 Å². The fraction of sp³-hybridized carbons (Fsp3) is 0.462. The van der Waals surface area contributed by atoms with Crippen LogP contribution in [0.15, 0.2) is 54.6 Å². The zero-order valence-electron chi connectivity index (χ0n) is 19.0. The number of nitrogens with zero attached hydrogens (tertiary/aromatic N) is 2. The van der Waals surface area contributed by atoms with Crippen molar-refractivity contribution in [2.24, 2.45) is 5.92 Å². The summed E-state index contributed by atoms with van der Waals surface area (Å²) in [4.78, 5) is 28.8. The first-order valence-corrected chi connectivity index (χ1v) is 11.3. The summed E-state index contributed by atoms with van der Waals surface area (Å²) in [6, 6.07) is 18.2. The quantitative estimate of drug-likeness (QED) is 0.578. The van der Waals surface area contributed by atoms with Crippen molar-refractivity contribution in [1.82, 2.24) is 9.80 Å². The number of hydrogen-bond acceptors (Lipinski definition) is 5. The molecule has 3 atom stereocenters. The Bertz CT molecular complexity index is 856. The van der Waals surface area contributed by atoms with Gasteiger partial charge < -0.3 is 19.5 Å². The second kappa shape index (κ2) is 11.8. The second-order valence-corrected chi connectivity index (χ2v) is 8.57. The van der Waals surface area contributed by atoms with Gasteiger partial charge in [-0.3, -0.25) is 9.69 Å². The van der Waals surface area contributed by atoms with Crippen molar-refractivity contribution >= 4 is 12.2 Å². The van der Waals surface area contributed by atoms with Crippen LogP contribution in [0, 0.1) is 5.92 Å². The Morgan fingerprint density at radius 2 is 1.84 bits per heavy atom. The van der Waals surface area contributed by atoms with Crippen LogP contribution in [-0.2, 0) is 22.6 Å². The number of piperazine rings is 1. The van der Waals surface area contributed by atoms with E-state index in [1.807, 2.05) is 54.3 Å². The predicted molar refractivity (Wildman–Crippen MR) is 124 cm³/mol. The Morgan fingerprint density at radius 3 is 2.47 bits per heavy atom. The molecule has 1 heterocycles. The van der Waals surface area contributed by atoms with Crippen LogP contribution in [0.3, 0.4) is 0 Å². The summed E-state index contributed by atoms with van der Waals surface area (Å²) in [6.07, 6.45) is 1.19. The number of methoxy groups -OCH3 is 1. The van der Waals surface area contributed by atoms with Crippen LogP contribution in [0.1, 0.15) is 30.9 Å². The summed E-state index contributed by atoms with van der Waals surface area (Å²) in [5.41, 5.74) is 2.40. The molecule has 1 amide bonds. The minimum absolute atomic E-state index is 0.0305. The maximum atomic E-state index is 13.3. The van der Waals surface area contributed by atoms with E-state index in [2.05, 4.69) is 17.0 Å². The minimum Gasteiger partial charge on any atom is -0.497 e.